The highest BCUT2D eigenvalue weighted by Crippen LogP contribution is 2.17. The van der Waals surface area contributed by atoms with Crippen LogP contribution in [0.3, 0.4) is 0 Å². The zero-order valence-electron chi connectivity index (χ0n) is 12.1. The van der Waals surface area contributed by atoms with Gasteiger partial charge in [0, 0.05) is 24.3 Å². The minimum absolute atomic E-state index is 0.365. The molecule has 2 aromatic heterocycles. The molecule has 0 aliphatic carbocycles. The summed E-state index contributed by atoms with van der Waals surface area (Å²) in [6.07, 6.45) is 6.55. The van der Waals surface area contributed by atoms with Crippen molar-refractivity contribution in [2.75, 3.05) is 0 Å². The molecule has 5 heteroatoms. The lowest BCUT2D eigenvalue weighted by Crippen LogP contribution is -2.10. The lowest BCUT2D eigenvalue weighted by Gasteiger charge is -2.12. The van der Waals surface area contributed by atoms with Crippen molar-refractivity contribution in [1.82, 2.24) is 14.5 Å². The molecule has 1 aromatic carbocycles. The minimum atomic E-state index is -0.387. The number of carbonyl (C=O) groups excluding carboxylic acids is 1. The number of esters is 1. The summed E-state index contributed by atoms with van der Waals surface area (Å²) in [5.41, 5.74) is 2.17. The third-order valence-corrected chi connectivity index (χ3v) is 3.29. The first kappa shape index (κ1) is 14.0. The summed E-state index contributed by atoms with van der Waals surface area (Å²) in [6.45, 7) is 1.81. The molecule has 0 bridgehead atoms. The Morgan fingerprint density at radius 2 is 1.95 bits per heavy atom. The number of rotatable bonds is 4. The van der Waals surface area contributed by atoms with E-state index in [0.717, 1.165) is 11.4 Å². The molecule has 0 amide bonds. The fraction of sp³-hybridized carbons (Fsp3) is 0.118. The molecule has 0 saturated heterocycles. The Morgan fingerprint density at radius 1 is 1.14 bits per heavy atom. The molecule has 3 rings (SSSR count). The summed E-state index contributed by atoms with van der Waals surface area (Å²) in [5.74, 6) is -0.365. The average Bonchev–Trinajstić information content (AvgIpc) is 3.10. The van der Waals surface area contributed by atoms with Crippen molar-refractivity contribution >= 4 is 5.97 Å². The Hall–Kier alpha value is -2.95. The molecular formula is C17H15N3O2. The second-order valence-electron chi connectivity index (χ2n) is 4.82. The van der Waals surface area contributed by atoms with Gasteiger partial charge in [0.25, 0.3) is 0 Å². The second kappa shape index (κ2) is 6.22. The van der Waals surface area contributed by atoms with Gasteiger partial charge in [-0.3, -0.25) is 4.98 Å². The van der Waals surface area contributed by atoms with Gasteiger partial charge >= 0.3 is 5.97 Å². The molecule has 0 saturated carbocycles. The summed E-state index contributed by atoms with van der Waals surface area (Å²) in [4.78, 5) is 20.3. The lowest BCUT2D eigenvalue weighted by molar-refractivity contribution is 0.0329. The number of nitrogens with zero attached hydrogens (tertiary/aromatic N) is 3. The van der Waals surface area contributed by atoms with Gasteiger partial charge in [-0.2, -0.15) is 0 Å². The van der Waals surface area contributed by atoms with E-state index in [1.165, 1.54) is 0 Å². The van der Waals surface area contributed by atoms with E-state index in [2.05, 4.69) is 9.97 Å². The lowest BCUT2D eigenvalue weighted by atomic mass is 10.2. The molecule has 1 atom stereocenters. The molecule has 110 valence electrons. The predicted octanol–water partition coefficient (Wildman–Crippen LogP) is 3.19. The maximum atomic E-state index is 12.2. The Bertz CT molecular complexity index is 737. The minimum Gasteiger partial charge on any atom is -0.453 e. The van der Waals surface area contributed by atoms with Gasteiger partial charge in [-0.25, -0.2) is 9.78 Å². The first-order valence-corrected chi connectivity index (χ1v) is 6.94. The molecule has 0 aliphatic heterocycles. The van der Waals surface area contributed by atoms with Gasteiger partial charge in [0.05, 0.1) is 17.6 Å². The third kappa shape index (κ3) is 3.03. The number of carbonyl (C=O) groups is 1. The van der Waals surface area contributed by atoms with E-state index >= 15 is 0 Å². The number of ether oxygens (including phenoxy) is 1. The van der Waals surface area contributed by atoms with E-state index in [1.807, 2.05) is 41.1 Å². The van der Waals surface area contributed by atoms with Crippen LogP contribution in [0.4, 0.5) is 0 Å². The van der Waals surface area contributed by atoms with E-state index in [1.54, 1.807) is 37.8 Å². The largest absolute Gasteiger partial charge is 0.453 e. The average molecular weight is 293 g/mol. The quantitative estimate of drug-likeness (QED) is 0.693. The van der Waals surface area contributed by atoms with Gasteiger partial charge in [-0.15, -0.1) is 0 Å². The number of aromatic nitrogens is 3. The van der Waals surface area contributed by atoms with Crippen molar-refractivity contribution in [3.05, 3.63) is 78.6 Å². The van der Waals surface area contributed by atoms with Crippen molar-refractivity contribution in [3.63, 3.8) is 0 Å². The molecule has 2 heterocycles. The Balaban J connectivity index is 1.70. The Labute approximate surface area is 128 Å². The van der Waals surface area contributed by atoms with Gasteiger partial charge in [-0.1, -0.05) is 6.07 Å². The van der Waals surface area contributed by atoms with Crippen LogP contribution in [0.1, 0.15) is 29.1 Å². The fourth-order valence-electron chi connectivity index (χ4n) is 2.09. The molecule has 0 unspecified atom stereocenters. The monoisotopic (exact) mass is 293 g/mol. The zero-order valence-corrected chi connectivity index (χ0v) is 12.1. The van der Waals surface area contributed by atoms with Gasteiger partial charge in [0.15, 0.2) is 0 Å². The van der Waals surface area contributed by atoms with E-state index in [9.17, 15) is 4.79 Å². The molecule has 0 fully saturated rings. The van der Waals surface area contributed by atoms with E-state index in [0.29, 0.717) is 5.56 Å². The van der Waals surface area contributed by atoms with Gasteiger partial charge in [0.1, 0.15) is 6.10 Å². The third-order valence-electron chi connectivity index (χ3n) is 3.29. The summed E-state index contributed by atoms with van der Waals surface area (Å²) in [5, 5.41) is 0. The van der Waals surface area contributed by atoms with Gasteiger partial charge in [0.2, 0.25) is 0 Å². The summed E-state index contributed by atoms with van der Waals surface area (Å²) in [7, 11) is 0. The fourth-order valence-corrected chi connectivity index (χ4v) is 2.09. The highest BCUT2D eigenvalue weighted by molar-refractivity contribution is 5.89. The van der Waals surface area contributed by atoms with Crippen LogP contribution in [0.25, 0.3) is 5.69 Å². The van der Waals surface area contributed by atoms with Crippen molar-refractivity contribution in [3.8, 4) is 5.69 Å². The summed E-state index contributed by atoms with van der Waals surface area (Å²) >= 11 is 0. The van der Waals surface area contributed by atoms with Crippen LogP contribution < -0.4 is 0 Å². The molecule has 0 aliphatic rings. The molecule has 0 N–H and O–H groups in total. The van der Waals surface area contributed by atoms with Crippen LogP contribution in [0.15, 0.2) is 67.4 Å². The molecule has 22 heavy (non-hydrogen) atoms. The molecule has 5 nitrogen and oxygen atoms in total. The van der Waals surface area contributed by atoms with Crippen LogP contribution in [0, 0.1) is 0 Å². The summed E-state index contributed by atoms with van der Waals surface area (Å²) < 4.78 is 7.30. The number of hydrogen-bond donors (Lipinski definition) is 0. The smallest absolute Gasteiger partial charge is 0.338 e. The SMILES string of the molecule is C[C@H](OC(=O)c1ccc(-n2ccnc2)cc1)c1ccccn1. The Kier molecular flexibility index (Phi) is 3.96. The standard InChI is InChI=1S/C17H15N3O2/c1-13(16-4-2-3-9-19-16)22-17(21)14-5-7-15(8-6-14)20-11-10-18-12-20/h2-13H,1H3/t13-/m0/s1. The highest BCUT2D eigenvalue weighted by Gasteiger charge is 2.14. The normalized spacial score (nSPS) is 11.9. The summed E-state index contributed by atoms with van der Waals surface area (Å²) in [6, 6.07) is 12.7. The maximum Gasteiger partial charge on any atom is 0.338 e. The molecule has 3 aromatic rings. The van der Waals surface area contributed by atoms with E-state index in [-0.39, 0.29) is 12.1 Å². The highest BCUT2D eigenvalue weighted by atomic mass is 16.5. The van der Waals surface area contributed by atoms with Gasteiger partial charge < -0.3 is 9.30 Å². The van der Waals surface area contributed by atoms with Crippen molar-refractivity contribution in [1.29, 1.82) is 0 Å². The number of hydrogen-bond acceptors (Lipinski definition) is 4. The number of benzene rings is 1. The topological polar surface area (TPSA) is 57.0 Å². The first-order valence-electron chi connectivity index (χ1n) is 6.94. The van der Waals surface area contributed by atoms with Crippen LogP contribution >= 0.6 is 0 Å². The van der Waals surface area contributed by atoms with Crippen LogP contribution in [-0.2, 0) is 4.74 Å². The number of imidazole rings is 1. The number of pyridine rings is 1. The first-order chi connectivity index (χ1) is 10.7. The molecular weight excluding hydrogens is 278 g/mol. The van der Waals surface area contributed by atoms with Crippen molar-refractivity contribution in [2.24, 2.45) is 0 Å². The molecule has 0 spiro atoms. The zero-order chi connectivity index (χ0) is 15.4. The van der Waals surface area contributed by atoms with Crippen LogP contribution in [0.5, 0.6) is 0 Å². The maximum absolute atomic E-state index is 12.2. The van der Waals surface area contributed by atoms with E-state index in [4.69, 9.17) is 4.74 Å². The van der Waals surface area contributed by atoms with E-state index < -0.39 is 0 Å². The molecule has 0 radical (unpaired) electrons. The second-order valence-corrected chi connectivity index (χ2v) is 4.82. The van der Waals surface area contributed by atoms with Gasteiger partial charge in [-0.05, 0) is 43.3 Å². The van der Waals surface area contributed by atoms with Crippen LogP contribution in [0.2, 0.25) is 0 Å². The van der Waals surface area contributed by atoms with Crippen molar-refractivity contribution in [2.45, 2.75) is 13.0 Å². The van der Waals surface area contributed by atoms with Crippen LogP contribution in [-0.4, -0.2) is 20.5 Å². The Morgan fingerprint density at radius 3 is 2.59 bits per heavy atom. The predicted molar refractivity (Wildman–Crippen MR) is 81.6 cm³/mol. The van der Waals surface area contributed by atoms with Crippen molar-refractivity contribution < 1.29 is 9.53 Å².